The van der Waals surface area contributed by atoms with Crippen molar-refractivity contribution in [2.45, 2.75) is 24.7 Å². The first-order valence-electron chi connectivity index (χ1n) is 9.47. The van der Waals surface area contributed by atoms with Crippen LogP contribution < -0.4 is 4.74 Å². The lowest BCUT2D eigenvalue weighted by atomic mass is 10.2. The van der Waals surface area contributed by atoms with Crippen molar-refractivity contribution < 1.29 is 32.2 Å². The van der Waals surface area contributed by atoms with E-state index < -0.39 is 21.9 Å². The molecule has 1 amide bonds. The Labute approximate surface area is 171 Å². The molecule has 0 radical (unpaired) electrons. The predicted molar refractivity (Wildman–Crippen MR) is 105 cm³/mol. The summed E-state index contributed by atoms with van der Waals surface area (Å²) in [5.41, 5.74) is 0.143. The van der Waals surface area contributed by atoms with Crippen LogP contribution in [0.4, 0.5) is 0 Å². The molecular formula is C19H28N2O7S. The van der Waals surface area contributed by atoms with Crippen LogP contribution >= 0.6 is 0 Å². The summed E-state index contributed by atoms with van der Waals surface area (Å²) < 4.78 is 42.6. The molecule has 1 fully saturated rings. The molecule has 0 N–H and O–H groups in total. The second-order valence-electron chi connectivity index (χ2n) is 6.50. The van der Waals surface area contributed by atoms with Gasteiger partial charge in [0.2, 0.25) is 10.0 Å². The summed E-state index contributed by atoms with van der Waals surface area (Å²) in [7, 11) is -0.923. The summed E-state index contributed by atoms with van der Waals surface area (Å²) >= 11 is 0. The van der Waals surface area contributed by atoms with Gasteiger partial charge in [0, 0.05) is 32.3 Å². The normalized spacial score (nSPS) is 14.6. The van der Waals surface area contributed by atoms with Gasteiger partial charge in [-0.15, -0.1) is 0 Å². The molecule has 1 saturated heterocycles. The maximum atomic E-state index is 13.0. The third kappa shape index (κ3) is 5.68. The molecule has 1 aromatic rings. The van der Waals surface area contributed by atoms with Crippen molar-refractivity contribution >= 4 is 21.9 Å². The van der Waals surface area contributed by atoms with Crippen LogP contribution in [0.15, 0.2) is 23.1 Å². The Morgan fingerprint density at radius 2 is 1.86 bits per heavy atom. The molecule has 10 heteroatoms. The zero-order valence-electron chi connectivity index (χ0n) is 17.0. The number of hydrogen-bond acceptors (Lipinski definition) is 7. The number of carbonyl (C=O) groups excluding carboxylic acids is 2. The topological polar surface area (TPSA) is 102 Å². The maximum absolute atomic E-state index is 13.0. The van der Waals surface area contributed by atoms with Crippen LogP contribution in [0.5, 0.6) is 5.75 Å². The van der Waals surface area contributed by atoms with Gasteiger partial charge in [-0.1, -0.05) is 0 Å². The predicted octanol–water partition coefficient (Wildman–Crippen LogP) is 1.13. The molecule has 1 aliphatic rings. The standard InChI is InChI=1S/C19H28N2O7S/c1-4-28-18(22)14-20(11-12-26-2)19(23)15-7-8-16(27-3)17(13-15)29(24,25)21-9-5-6-10-21/h7-8,13H,4-6,9-12,14H2,1-3H3. The number of sulfonamides is 1. The van der Waals surface area contributed by atoms with Gasteiger partial charge >= 0.3 is 5.97 Å². The lowest BCUT2D eigenvalue weighted by molar-refractivity contribution is -0.143. The molecular weight excluding hydrogens is 400 g/mol. The monoisotopic (exact) mass is 428 g/mol. The van der Waals surface area contributed by atoms with E-state index in [4.69, 9.17) is 14.2 Å². The fourth-order valence-electron chi connectivity index (χ4n) is 3.08. The number of esters is 1. The van der Waals surface area contributed by atoms with Crippen LogP contribution in [0.3, 0.4) is 0 Å². The minimum atomic E-state index is -3.79. The van der Waals surface area contributed by atoms with Crippen molar-refractivity contribution in [1.29, 1.82) is 0 Å². The molecule has 0 aliphatic carbocycles. The average molecular weight is 429 g/mol. The number of benzene rings is 1. The number of nitrogens with zero attached hydrogens (tertiary/aromatic N) is 2. The number of amides is 1. The fourth-order valence-corrected chi connectivity index (χ4v) is 4.78. The van der Waals surface area contributed by atoms with E-state index in [-0.39, 0.29) is 42.5 Å². The quantitative estimate of drug-likeness (QED) is 0.515. The zero-order valence-corrected chi connectivity index (χ0v) is 17.9. The Morgan fingerprint density at radius 3 is 2.45 bits per heavy atom. The Kier molecular flexibility index (Phi) is 8.42. The van der Waals surface area contributed by atoms with Gasteiger partial charge in [-0.05, 0) is 38.0 Å². The van der Waals surface area contributed by atoms with E-state index in [1.54, 1.807) is 6.92 Å². The van der Waals surface area contributed by atoms with Crippen LogP contribution in [-0.4, -0.2) is 83.1 Å². The lowest BCUT2D eigenvalue weighted by Crippen LogP contribution is -2.39. The van der Waals surface area contributed by atoms with Gasteiger partial charge in [0.1, 0.15) is 17.2 Å². The van der Waals surface area contributed by atoms with Crippen LogP contribution in [-0.2, 0) is 24.3 Å². The molecule has 2 rings (SSSR count). The summed E-state index contributed by atoms with van der Waals surface area (Å²) in [4.78, 5) is 26.1. The largest absolute Gasteiger partial charge is 0.495 e. The Balaban J connectivity index is 2.36. The highest BCUT2D eigenvalue weighted by atomic mass is 32.2. The van der Waals surface area contributed by atoms with Crippen molar-refractivity contribution in [3.05, 3.63) is 23.8 Å². The molecule has 1 aromatic carbocycles. The first kappa shape index (κ1) is 23.1. The first-order chi connectivity index (χ1) is 13.8. The first-order valence-corrected chi connectivity index (χ1v) is 10.9. The van der Waals surface area contributed by atoms with Gasteiger partial charge in [-0.25, -0.2) is 8.42 Å². The van der Waals surface area contributed by atoms with Gasteiger partial charge < -0.3 is 19.1 Å². The van der Waals surface area contributed by atoms with Gasteiger partial charge in [0.15, 0.2) is 0 Å². The fraction of sp³-hybridized carbons (Fsp3) is 0.579. The van der Waals surface area contributed by atoms with Crippen molar-refractivity contribution in [3.8, 4) is 5.75 Å². The Morgan fingerprint density at radius 1 is 1.17 bits per heavy atom. The van der Waals surface area contributed by atoms with Crippen LogP contribution in [0.25, 0.3) is 0 Å². The molecule has 0 spiro atoms. The minimum Gasteiger partial charge on any atom is -0.495 e. The van der Waals surface area contributed by atoms with E-state index in [2.05, 4.69) is 0 Å². The average Bonchev–Trinajstić information content (AvgIpc) is 3.26. The summed E-state index contributed by atoms with van der Waals surface area (Å²) in [5, 5.41) is 0. The van der Waals surface area contributed by atoms with Gasteiger partial charge in [-0.2, -0.15) is 4.31 Å². The molecule has 1 heterocycles. The van der Waals surface area contributed by atoms with Crippen molar-refractivity contribution in [3.63, 3.8) is 0 Å². The highest BCUT2D eigenvalue weighted by Gasteiger charge is 2.31. The molecule has 0 saturated carbocycles. The summed E-state index contributed by atoms with van der Waals surface area (Å²) in [5.74, 6) is -0.867. The molecule has 0 bridgehead atoms. The molecule has 29 heavy (non-hydrogen) atoms. The lowest BCUT2D eigenvalue weighted by Gasteiger charge is -2.23. The summed E-state index contributed by atoms with van der Waals surface area (Å²) in [6.07, 6.45) is 1.59. The molecule has 162 valence electrons. The molecule has 1 aliphatic heterocycles. The number of hydrogen-bond donors (Lipinski definition) is 0. The maximum Gasteiger partial charge on any atom is 0.325 e. The van der Waals surface area contributed by atoms with Crippen molar-refractivity contribution in [2.24, 2.45) is 0 Å². The van der Waals surface area contributed by atoms with Crippen molar-refractivity contribution in [2.75, 3.05) is 53.6 Å². The van der Waals surface area contributed by atoms with E-state index in [0.29, 0.717) is 13.1 Å². The molecule has 9 nitrogen and oxygen atoms in total. The third-order valence-electron chi connectivity index (χ3n) is 4.57. The van der Waals surface area contributed by atoms with E-state index in [1.807, 2.05) is 0 Å². The SMILES string of the molecule is CCOC(=O)CN(CCOC)C(=O)c1ccc(OC)c(S(=O)(=O)N2CCCC2)c1. The Bertz CT molecular complexity index is 820. The van der Waals surface area contributed by atoms with E-state index >= 15 is 0 Å². The van der Waals surface area contributed by atoms with E-state index in [9.17, 15) is 18.0 Å². The van der Waals surface area contributed by atoms with E-state index in [0.717, 1.165) is 12.8 Å². The molecule has 0 aromatic heterocycles. The smallest absolute Gasteiger partial charge is 0.325 e. The number of carbonyl (C=O) groups is 2. The third-order valence-corrected chi connectivity index (χ3v) is 6.49. The second kappa shape index (κ2) is 10.6. The number of methoxy groups -OCH3 is 2. The molecule has 0 atom stereocenters. The summed E-state index contributed by atoms with van der Waals surface area (Å²) in [6.45, 7) is 2.88. The van der Waals surface area contributed by atoms with E-state index in [1.165, 1.54) is 41.6 Å². The Hall–Kier alpha value is -2.17. The minimum absolute atomic E-state index is 0.0597. The van der Waals surface area contributed by atoms with Crippen LogP contribution in [0, 0.1) is 0 Å². The number of ether oxygens (including phenoxy) is 3. The summed E-state index contributed by atoms with van der Waals surface area (Å²) in [6, 6.07) is 4.24. The van der Waals surface area contributed by atoms with Crippen LogP contribution in [0.1, 0.15) is 30.1 Å². The molecule has 0 unspecified atom stereocenters. The highest BCUT2D eigenvalue weighted by molar-refractivity contribution is 7.89. The van der Waals surface area contributed by atoms with Gasteiger partial charge in [-0.3, -0.25) is 9.59 Å². The van der Waals surface area contributed by atoms with Gasteiger partial charge in [0.05, 0.1) is 20.3 Å². The second-order valence-corrected chi connectivity index (χ2v) is 8.41. The number of rotatable bonds is 10. The van der Waals surface area contributed by atoms with Crippen molar-refractivity contribution in [1.82, 2.24) is 9.21 Å². The van der Waals surface area contributed by atoms with Gasteiger partial charge in [0.25, 0.3) is 5.91 Å². The zero-order chi connectivity index (χ0) is 21.4. The highest BCUT2D eigenvalue weighted by Crippen LogP contribution is 2.30. The van der Waals surface area contributed by atoms with Crippen LogP contribution in [0.2, 0.25) is 0 Å².